The molecule has 1 atom stereocenters. The van der Waals surface area contributed by atoms with Crippen LogP contribution < -0.4 is 9.80 Å². The molecule has 0 aliphatic heterocycles. The maximum atomic E-state index is 9.78. The second-order valence-corrected chi connectivity index (χ2v) is 16.4. The summed E-state index contributed by atoms with van der Waals surface area (Å²) in [5, 5.41) is 29.5. The first-order valence-electron chi connectivity index (χ1n) is 20.9. The Morgan fingerprint density at radius 2 is 1.00 bits per heavy atom. The fraction of sp³-hybridized carbons (Fsp3) is 0.0714. The molecule has 0 saturated heterocycles. The van der Waals surface area contributed by atoms with Crippen molar-refractivity contribution in [3.05, 3.63) is 186 Å². The van der Waals surface area contributed by atoms with E-state index in [0.717, 1.165) is 123 Å². The molecule has 0 radical (unpaired) electrons. The third-order valence-corrected chi connectivity index (χ3v) is 12.8. The molecule has 0 fully saturated rings. The van der Waals surface area contributed by atoms with Gasteiger partial charge < -0.3 is 18.6 Å². The Labute approximate surface area is 357 Å². The second kappa shape index (κ2) is 13.6. The van der Waals surface area contributed by atoms with Crippen LogP contribution in [0.3, 0.4) is 0 Å². The van der Waals surface area contributed by atoms with E-state index in [1.165, 1.54) is 0 Å². The first kappa shape index (κ1) is 35.6. The van der Waals surface area contributed by atoms with Crippen molar-refractivity contribution in [3.63, 3.8) is 0 Å². The fourth-order valence-electron chi connectivity index (χ4n) is 9.82. The van der Waals surface area contributed by atoms with E-state index in [1.54, 1.807) is 0 Å². The number of anilines is 6. The van der Waals surface area contributed by atoms with Crippen LogP contribution in [0, 0.1) is 29.6 Å². The molecule has 0 saturated carbocycles. The zero-order valence-corrected chi connectivity index (χ0v) is 34.0. The summed E-state index contributed by atoms with van der Waals surface area (Å²) in [5.41, 5.74) is 11.6. The standard InChI is InChI=1S/C56H36N4O2/c1-33-7-3-9-41-43-11-5-13-49(55(43)61-53(33)41)59(39-23-15-35(31-57)16-24-39)47-29-21-37-20-28-46-48(30-22-38-19-27-45(47)51(37)52(38)46)60(40-25-17-36(32-58)18-26-40)50-14-6-12-44-42-10-4-8-34(2)54(42)62-56(44)50/h3-7,9-30,34H,8H2,1-2H3. The number of nitriles is 2. The minimum Gasteiger partial charge on any atom is -0.458 e. The Bertz CT molecular complexity index is 3730. The highest BCUT2D eigenvalue weighted by Crippen LogP contribution is 2.51. The zero-order valence-electron chi connectivity index (χ0n) is 34.0. The van der Waals surface area contributed by atoms with E-state index >= 15 is 0 Å². The highest BCUT2D eigenvalue weighted by atomic mass is 16.3. The lowest BCUT2D eigenvalue weighted by Gasteiger charge is -2.29. The molecule has 1 aliphatic carbocycles. The van der Waals surface area contributed by atoms with Gasteiger partial charge in [0.15, 0.2) is 11.2 Å². The number of fused-ring (bicyclic) bond motifs is 6. The third-order valence-electron chi connectivity index (χ3n) is 12.8. The van der Waals surface area contributed by atoms with Gasteiger partial charge in [0, 0.05) is 49.8 Å². The van der Waals surface area contributed by atoms with Crippen LogP contribution in [0.15, 0.2) is 167 Å². The summed E-state index contributed by atoms with van der Waals surface area (Å²) in [6.07, 6.45) is 5.37. The quantitative estimate of drug-likeness (QED) is 0.156. The first-order chi connectivity index (χ1) is 30.5. The van der Waals surface area contributed by atoms with Gasteiger partial charge in [-0.3, -0.25) is 0 Å². The smallest absolute Gasteiger partial charge is 0.159 e. The molecular formula is C56H36N4O2. The minimum absolute atomic E-state index is 0.272. The van der Waals surface area contributed by atoms with Gasteiger partial charge in [0.25, 0.3) is 0 Å². The number of nitrogens with zero attached hydrogens (tertiary/aromatic N) is 4. The van der Waals surface area contributed by atoms with Crippen LogP contribution in [0.2, 0.25) is 0 Å². The average molecular weight is 797 g/mol. The topological polar surface area (TPSA) is 80.3 Å². The Morgan fingerprint density at radius 3 is 1.56 bits per heavy atom. The highest BCUT2D eigenvalue weighted by Gasteiger charge is 2.27. The van der Waals surface area contributed by atoms with Crippen LogP contribution in [-0.4, -0.2) is 0 Å². The number of furan rings is 2. The number of benzene rings is 9. The Kier molecular flexibility index (Phi) is 7.82. The zero-order chi connectivity index (χ0) is 41.6. The summed E-state index contributed by atoms with van der Waals surface area (Å²) < 4.78 is 13.6. The Morgan fingerprint density at radius 1 is 0.500 bits per heavy atom. The minimum atomic E-state index is 0.272. The van der Waals surface area contributed by atoms with E-state index in [2.05, 4.69) is 151 Å². The van der Waals surface area contributed by atoms with Crippen LogP contribution in [0.25, 0.3) is 71.3 Å². The van der Waals surface area contributed by atoms with Crippen molar-refractivity contribution in [2.75, 3.05) is 9.80 Å². The first-order valence-corrected chi connectivity index (χ1v) is 20.9. The van der Waals surface area contributed by atoms with Gasteiger partial charge >= 0.3 is 0 Å². The number of aryl methyl sites for hydroxylation is 1. The molecule has 1 aliphatic rings. The van der Waals surface area contributed by atoms with E-state index in [1.807, 2.05) is 48.5 Å². The van der Waals surface area contributed by atoms with Crippen molar-refractivity contribution >= 4 is 105 Å². The van der Waals surface area contributed by atoms with Gasteiger partial charge in [0.1, 0.15) is 11.3 Å². The van der Waals surface area contributed by atoms with Crippen molar-refractivity contribution in [3.8, 4) is 12.1 Å². The van der Waals surface area contributed by atoms with Crippen LogP contribution in [0.4, 0.5) is 34.1 Å². The Hall–Kier alpha value is -8.32. The third kappa shape index (κ3) is 5.21. The number of hydrogen-bond acceptors (Lipinski definition) is 6. The molecule has 2 aromatic heterocycles. The van der Waals surface area contributed by atoms with Crippen LogP contribution in [0.5, 0.6) is 0 Å². The molecule has 11 aromatic rings. The average Bonchev–Trinajstić information content (AvgIpc) is 3.91. The van der Waals surface area contributed by atoms with E-state index in [4.69, 9.17) is 8.83 Å². The molecule has 0 bridgehead atoms. The molecule has 6 nitrogen and oxygen atoms in total. The van der Waals surface area contributed by atoms with Crippen molar-refractivity contribution in [1.82, 2.24) is 0 Å². The number of rotatable bonds is 6. The highest BCUT2D eigenvalue weighted by molar-refractivity contribution is 6.28. The monoisotopic (exact) mass is 796 g/mol. The molecule has 1 unspecified atom stereocenters. The van der Waals surface area contributed by atoms with Crippen LogP contribution in [0.1, 0.15) is 47.3 Å². The van der Waals surface area contributed by atoms with E-state index in [0.29, 0.717) is 11.1 Å². The summed E-state index contributed by atoms with van der Waals surface area (Å²) in [4.78, 5) is 4.55. The number of hydrogen-bond donors (Lipinski definition) is 0. The molecule has 292 valence electrons. The molecular weight excluding hydrogens is 761 g/mol. The van der Waals surface area contributed by atoms with Crippen molar-refractivity contribution in [1.29, 1.82) is 10.5 Å². The van der Waals surface area contributed by atoms with Gasteiger partial charge in [-0.2, -0.15) is 10.5 Å². The largest absolute Gasteiger partial charge is 0.458 e. The van der Waals surface area contributed by atoms with Crippen molar-refractivity contribution in [2.45, 2.75) is 26.2 Å². The summed E-state index contributed by atoms with van der Waals surface area (Å²) in [6.45, 7) is 4.30. The molecule has 2 heterocycles. The van der Waals surface area contributed by atoms with Gasteiger partial charge in [-0.15, -0.1) is 0 Å². The number of allylic oxidation sites excluding steroid dienone is 1. The molecule has 6 heteroatoms. The lowest BCUT2D eigenvalue weighted by molar-refractivity contribution is 0.504. The van der Waals surface area contributed by atoms with E-state index < -0.39 is 0 Å². The van der Waals surface area contributed by atoms with E-state index in [9.17, 15) is 10.5 Å². The maximum Gasteiger partial charge on any atom is 0.159 e. The summed E-state index contributed by atoms with van der Waals surface area (Å²) in [5.74, 6) is 1.28. The van der Waals surface area contributed by atoms with Gasteiger partial charge in [-0.25, -0.2) is 0 Å². The normalized spacial score (nSPS) is 13.6. The summed E-state index contributed by atoms with van der Waals surface area (Å²) in [6, 6.07) is 57.0. The fourth-order valence-corrected chi connectivity index (χ4v) is 9.82. The molecule has 12 rings (SSSR count). The van der Waals surface area contributed by atoms with Gasteiger partial charge in [-0.05, 0) is 113 Å². The molecule has 9 aromatic carbocycles. The number of para-hydroxylation sites is 3. The summed E-state index contributed by atoms with van der Waals surface area (Å²) >= 11 is 0. The van der Waals surface area contributed by atoms with Crippen molar-refractivity contribution in [2.24, 2.45) is 0 Å². The van der Waals surface area contributed by atoms with Gasteiger partial charge in [0.05, 0.1) is 46.0 Å². The SMILES string of the molecule is Cc1cccc2c1oc1c(N(c3ccc(C#N)cc3)c3ccc4ccc5c(N(c6ccc(C#N)cc6)c6cccc7c8c(oc67)C(C)CC=C8)ccc6ccc3c4c65)cccc12. The molecule has 0 spiro atoms. The maximum absolute atomic E-state index is 9.78. The van der Waals surface area contributed by atoms with Gasteiger partial charge in [0.2, 0.25) is 0 Å². The van der Waals surface area contributed by atoms with E-state index in [-0.39, 0.29) is 5.92 Å². The second-order valence-electron chi connectivity index (χ2n) is 16.4. The lowest BCUT2D eigenvalue weighted by atomic mass is 9.91. The molecule has 62 heavy (non-hydrogen) atoms. The molecule has 0 N–H and O–H groups in total. The predicted molar refractivity (Wildman–Crippen MR) is 253 cm³/mol. The van der Waals surface area contributed by atoms with Crippen molar-refractivity contribution < 1.29 is 8.83 Å². The molecule has 0 amide bonds. The Balaban J connectivity index is 1.13. The summed E-state index contributed by atoms with van der Waals surface area (Å²) in [7, 11) is 0. The van der Waals surface area contributed by atoms with Crippen LogP contribution in [-0.2, 0) is 0 Å². The predicted octanol–water partition coefficient (Wildman–Crippen LogP) is 15.7. The lowest BCUT2D eigenvalue weighted by Crippen LogP contribution is -2.12. The van der Waals surface area contributed by atoms with Gasteiger partial charge in [-0.1, -0.05) is 97.9 Å². The van der Waals surface area contributed by atoms with Crippen LogP contribution >= 0.6 is 0 Å².